The van der Waals surface area contributed by atoms with Gasteiger partial charge < -0.3 is 0 Å². The van der Waals surface area contributed by atoms with Crippen LogP contribution in [0.25, 0.3) is 0 Å². The second-order valence-electron chi connectivity index (χ2n) is 3.93. The third-order valence-corrected chi connectivity index (χ3v) is 5.57. The molecule has 0 heterocycles. The van der Waals surface area contributed by atoms with E-state index in [0.717, 1.165) is 28.6 Å². The van der Waals surface area contributed by atoms with Crippen LogP contribution in [0.5, 0.6) is 0 Å². The Morgan fingerprint density at radius 2 is 2.00 bits per heavy atom. The minimum absolute atomic E-state index is 0.153. The summed E-state index contributed by atoms with van der Waals surface area (Å²) in [5, 5.41) is -0.299. The van der Waals surface area contributed by atoms with Crippen molar-refractivity contribution in [3.05, 3.63) is 28.7 Å². The van der Waals surface area contributed by atoms with Gasteiger partial charge in [-0.2, -0.15) is 0 Å². The van der Waals surface area contributed by atoms with Gasteiger partial charge in [0.05, 0.1) is 20.9 Å². The maximum Gasteiger partial charge on any atom is 0.148 e. The van der Waals surface area contributed by atoms with Crippen LogP contribution in [0.4, 0.5) is 0 Å². The highest BCUT2D eigenvalue weighted by molar-refractivity contribution is 9.10. The fraction of sp³-hybridized carbons (Fsp3) is 0.417. The van der Waals surface area contributed by atoms with Crippen LogP contribution in [0.2, 0.25) is 0 Å². The zero-order valence-corrected chi connectivity index (χ0v) is 11.2. The van der Waals surface area contributed by atoms with Crippen molar-refractivity contribution in [1.82, 2.24) is 0 Å². The zero-order valence-electron chi connectivity index (χ0n) is 8.82. The lowest BCUT2D eigenvalue weighted by Crippen LogP contribution is -2.29. The number of carbonyl (C=O) groups is 1. The Kier molecular flexibility index (Phi) is 3.92. The van der Waals surface area contributed by atoms with E-state index >= 15 is 0 Å². The van der Waals surface area contributed by atoms with Crippen LogP contribution in [0.1, 0.15) is 25.7 Å². The van der Waals surface area contributed by atoms with Gasteiger partial charge in [0.1, 0.15) is 5.78 Å². The molecular weight excluding hydrogens is 288 g/mol. The highest BCUT2D eigenvalue weighted by Gasteiger charge is 2.29. The normalized spacial score (nSPS) is 23.1. The molecule has 0 radical (unpaired) electrons. The number of ketones is 1. The lowest BCUT2D eigenvalue weighted by Gasteiger charge is -2.20. The first-order chi connectivity index (χ1) is 7.70. The predicted octanol–water partition coefficient (Wildman–Crippen LogP) is 3.07. The Balaban J connectivity index is 2.25. The average molecular weight is 301 g/mol. The molecular formula is C12H13BrO2S. The van der Waals surface area contributed by atoms with E-state index in [4.69, 9.17) is 0 Å². The summed E-state index contributed by atoms with van der Waals surface area (Å²) < 4.78 is 13.1. The van der Waals surface area contributed by atoms with Gasteiger partial charge in [0.15, 0.2) is 0 Å². The molecule has 0 saturated heterocycles. The number of halogens is 1. The first-order valence-corrected chi connectivity index (χ1v) is 7.38. The molecule has 2 unspecified atom stereocenters. The fourth-order valence-electron chi connectivity index (χ4n) is 1.94. The molecule has 1 fully saturated rings. The van der Waals surface area contributed by atoms with Crippen molar-refractivity contribution in [1.29, 1.82) is 0 Å². The van der Waals surface area contributed by atoms with Gasteiger partial charge in [-0.1, -0.05) is 18.6 Å². The predicted molar refractivity (Wildman–Crippen MR) is 67.8 cm³/mol. The summed E-state index contributed by atoms with van der Waals surface area (Å²) in [6.07, 6.45) is 3.29. The summed E-state index contributed by atoms with van der Waals surface area (Å²) in [6.45, 7) is 0. The van der Waals surface area contributed by atoms with Crippen molar-refractivity contribution in [2.24, 2.45) is 0 Å². The Morgan fingerprint density at radius 3 is 2.69 bits per heavy atom. The largest absolute Gasteiger partial charge is 0.298 e. The smallest absolute Gasteiger partial charge is 0.148 e. The quantitative estimate of drug-likeness (QED) is 0.841. The fourth-order valence-corrected chi connectivity index (χ4v) is 4.22. The van der Waals surface area contributed by atoms with Gasteiger partial charge in [0.2, 0.25) is 0 Å². The third-order valence-electron chi connectivity index (χ3n) is 2.81. The number of hydrogen-bond acceptors (Lipinski definition) is 2. The minimum Gasteiger partial charge on any atom is -0.298 e. The third kappa shape index (κ3) is 2.43. The monoisotopic (exact) mass is 300 g/mol. The van der Waals surface area contributed by atoms with Crippen molar-refractivity contribution in [2.45, 2.75) is 35.8 Å². The molecule has 1 saturated carbocycles. The minimum atomic E-state index is -1.21. The van der Waals surface area contributed by atoms with Gasteiger partial charge in [0, 0.05) is 10.9 Å². The van der Waals surface area contributed by atoms with E-state index in [1.165, 1.54) is 0 Å². The van der Waals surface area contributed by atoms with Gasteiger partial charge in [-0.15, -0.1) is 0 Å². The maximum absolute atomic E-state index is 12.3. The highest BCUT2D eigenvalue weighted by atomic mass is 79.9. The van der Waals surface area contributed by atoms with Crippen LogP contribution in [-0.2, 0) is 15.6 Å². The molecule has 1 aromatic rings. The van der Waals surface area contributed by atoms with E-state index in [2.05, 4.69) is 15.9 Å². The van der Waals surface area contributed by atoms with Gasteiger partial charge >= 0.3 is 0 Å². The van der Waals surface area contributed by atoms with Crippen molar-refractivity contribution < 1.29 is 9.00 Å². The maximum atomic E-state index is 12.3. The summed E-state index contributed by atoms with van der Waals surface area (Å²) in [6, 6.07) is 7.42. The summed E-state index contributed by atoms with van der Waals surface area (Å²) in [7, 11) is -1.21. The number of carbonyl (C=O) groups excluding carboxylic acids is 1. The number of rotatable bonds is 2. The second kappa shape index (κ2) is 5.23. The van der Waals surface area contributed by atoms with E-state index in [1.54, 1.807) is 0 Å². The van der Waals surface area contributed by atoms with Crippen LogP contribution in [0.15, 0.2) is 33.6 Å². The van der Waals surface area contributed by atoms with Crippen LogP contribution in [0.3, 0.4) is 0 Å². The van der Waals surface area contributed by atoms with Gasteiger partial charge in [-0.25, -0.2) is 0 Å². The Hall–Kier alpha value is -0.480. The summed E-state index contributed by atoms with van der Waals surface area (Å²) in [5.74, 6) is 0.153. The topological polar surface area (TPSA) is 34.1 Å². The Labute approximate surface area is 106 Å². The SMILES string of the molecule is O=C1CCCCC1S(=O)c1ccccc1Br. The van der Waals surface area contributed by atoms with Gasteiger partial charge in [-0.3, -0.25) is 9.00 Å². The lowest BCUT2D eigenvalue weighted by molar-refractivity contribution is -0.119. The molecule has 0 N–H and O–H groups in total. The molecule has 0 spiro atoms. The molecule has 0 bridgehead atoms. The van der Waals surface area contributed by atoms with Crippen LogP contribution in [-0.4, -0.2) is 15.2 Å². The standard InChI is InChI=1S/C12H13BrO2S/c13-9-5-1-3-7-11(9)16(15)12-8-4-2-6-10(12)14/h1,3,5,7,12H,2,4,6,8H2. The number of Topliss-reactive ketones (excluding diaryl/α,β-unsaturated/α-hetero) is 1. The molecule has 0 amide bonds. The van der Waals surface area contributed by atoms with E-state index < -0.39 is 10.8 Å². The van der Waals surface area contributed by atoms with Gasteiger partial charge in [0.25, 0.3) is 0 Å². The summed E-state index contributed by atoms with van der Waals surface area (Å²) in [4.78, 5) is 12.5. The molecule has 1 aliphatic carbocycles. The molecule has 1 aromatic carbocycles. The van der Waals surface area contributed by atoms with E-state index in [9.17, 15) is 9.00 Å². The molecule has 86 valence electrons. The number of benzene rings is 1. The first kappa shape index (κ1) is 12.0. The second-order valence-corrected chi connectivity index (χ2v) is 6.39. The highest BCUT2D eigenvalue weighted by Crippen LogP contribution is 2.27. The zero-order chi connectivity index (χ0) is 11.5. The molecule has 16 heavy (non-hydrogen) atoms. The summed E-state index contributed by atoms with van der Waals surface area (Å²) >= 11 is 3.38. The van der Waals surface area contributed by atoms with Crippen molar-refractivity contribution in [2.75, 3.05) is 0 Å². The Morgan fingerprint density at radius 1 is 1.25 bits per heavy atom. The van der Waals surface area contributed by atoms with Crippen LogP contribution < -0.4 is 0 Å². The molecule has 0 aliphatic heterocycles. The molecule has 2 rings (SSSR count). The van der Waals surface area contributed by atoms with Crippen LogP contribution in [0, 0.1) is 0 Å². The molecule has 2 nitrogen and oxygen atoms in total. The van der Waals surface area contributed by atoms with E-state index in [-0.39, 0.29) is 11.0 Å². The van der Waals surface area contributed by atoms with Crippen molar-refractivity contribution >= 4 is 32.5 Å². The van der Waals surface area contributed by atoms with Gasteiger partial charge in [-0.05, 0) is 40.9 Å². The number of hydrogen-bond donors (Lipinski definition) is 0. The average Bonchev–Trinajstić information content (AvgIpc) is 2.29. The molecule has 4 heteroatoms. The molecule has 2 atom stereocenters. The molecule has 0 aromatic heterocycles. The van der Waals surface area contributed by atoms with E-state index in [1.807, 2.05) is 24.3 Å². The lowest BCUT2D eigenvalue weighted by atomic mass is 9.99. The van der Waals surface area contributed by atoms with Crippen molar-refractivity contribution in [3.8, 4) is 0 Å². The van der Waals surface area contributed by atoms with Crippen LogP contribution >= 0.6 is 15.9 Å². The molecule has 1 aliphatic rings. The van der Waals surface area contributed by atoms with Crippen molar-refractivity contribution in [3.63, 3.8) is 0 Å². The summed E-state index contributed by atoms with van der Waals surface area (Å²) in [5.41, 5.74) is 0. The first-order valence-electron chi connectivity index (χ1n) is 5.38. The van der Waals surface area contributed by atoms with E-state index in [0.29, 0.717) is 6.42 Å². The Bertz CT molecular complexity index is 431.